The lowest BCUT2D eigenvalue weighted by Gasteiger charge is -2.49. The van der Waals surface area contributed by atoms with E-state index in [0.29, 0.717) is 0 Å². The van der Waals surface area contributed by atoms with Crippen LogP contribution in [-0.2, 0) is 73.8 Å². The van der Waals surface area contributed by atoms with Crippen LogP contribution in [0.3, 0.4) is 0 Å². The molecule has 1 N–H and O–H groups in total. The first-order valence-corrected chi connectivity index (χ1v) is 24.8. The van der Waals surface area contributed by atoms with Crippen molar-refractivity contribution >= 4 is 17.9 Å². The molecule has 14 heteroatoms. The van der Waals surface area contributed by atoms with E-state index in [1.165, 1.54) is 0 Å². The van der Waals surface area contributed by atoms with E-state index in [1.54, 1.807) is 91.0 Å². The van der Waals surface area contributed by atoms with Gasteiger partial charge in [0.2, 0.25) is 0 Å². The normalized spacial score (nSPS) is 23.4. The molecule has 0 unspecified atom stereocenters. The van der Waals surface area contributed by atoms with Gasteiger partial charge in [0.1, 0.15) is 43.2 Å². The van der Waals surface area contributed by atoms with Crippen LogP contribution in [0.25, 0.3) is 0 Å². The van der Waals surface area contributed by atoms with Crippen LogP contribution in [0.4, 0.5) is 0 Å². The molecule has 14 nitrogen and oxygen atoms in total. The number of rotatable bonds is 22. The molecule has 0 aromatic heterocycles. The Morgan fingerprint density at radius 3 is 1.21 bits per heavy atom. The molecule has 7 aromatic carbocycles. The van der Waals surface area contributed by atoms with Crippen molar-refractivity contribution in [2.24, 2.45) is 0 Å². The predicted octanol–water partition coefficient (Wildman–Crippen LogP) is 9.09. The number of aliphatic hydroxyl groups excluding tert-OH is 1. The smallest absolute Gasteiger partial charge is 0.338 e. The van der Waals surface area contributed by atoms with Gasteiger partial charge in [-0.3, -0.25) is 0 Å². The summed E-state index contributed by atoms with van der Waals surface area (Å²) in [5.74, 6) is -2.27. The number of carbonyl (C=O) groups excluding carboxylic acids is 3. The Morgan fingerprint density at radius 2 is 0.747 bits per heavy atom. The first kappa shape index (κ1) is 52.5. The van der Waals surface area contributed by atoms with E-state index in [-0.39, 0.29) is 49.7 Å². The molecular weight excluding hydrogens is 957 g/mol. The Morgan fingerprint density at radius 1 is 0.373 bits per heavy atom. The number of carbonyl (C=O) groups is 3. The summed E-state index contributed by atoms with van der Waals surface area (Å²) in [5, 5.41) is 12.3. The van der Waals surface area contributed by atoms with Crippen molar-refractivity contribution in [3.8, 4) is 0 Å². The SMILES string of the molecule is O=C(OC[C@H]1O[C@H](O[C@@H]2[C@@H](OCc3ccccc3)[C@H](OCc3ccccc3)[C@@H](COCc3ccccc3)O[C@@H]2O)[C@H](OCc2ccccc2)[C@@H](OC(=O)c2ccccc2)[C@@H]1OC(=O)c1ccccc1)c1ccccc1. The lowest BCUT2D eigenvalue weighted by Crippen LogP contribution is -2.66. The fourth-order valence-corrected chi connectivity index (χ4v) is 8.81. The molecule has 2 aliphatic rings. The number of ether oxygens (including phenoxy) is 10. The highest BCUT2D eigenvalue weighted by molar-refractivity contribution is 5.91. The van der Waals surface area contributed by atoms with E-state index in [1.807, 2.05) is 121 Å². The van der Waals surface area contributed by atoms with Crippen molar-refractivity contribution < 1.29 is 66.9 Å². The number of benzene rings is 7. The first-order chi connectivity index (χ1) is 36.9. The predicted molar refractivity (Wildman–Crippen MR) is 274 cm³/mol. The third kappa shape index (κ3) is 14.5. The van der Waals surface area contributed by atoms with Gasteiger partial charge in [0, 0.05) is 0 Å². The van der Waals surface area contributed by atoms with Crippen LogP contribution >= 0.6 is 0 Å². The number of esters is 3. The maximum Gasteiger partial charge on any atom is 0.338 e. The van der Waals surface area contributed by atoms with Gasteiger partial charge in [-0.1, -0.05) is 176 Å². The molecule has 0 saturated carbocycles. The molecule has 0 amide bonds. The standard InChI is InChI=1S/C61H58O14/c62-57(46-30-16-5-17-31-46)70-41-50-52(73-58(63)47-32-18-6-19-33-47)54(74-59(64)48-34-20-7-21-35-48)56(69-39-45-28-14-4-15-29-45)61(72-50)75-55-53(68-38-44-26-12-3-13-27-44)51(67-37-43-24-10-2-11-25-43)49(71-60(55)65)40-66-36-42-22-8-1-9-23-42/h1-35,49-56,60-61,65H,36-41H2/t49-,50-,51-,52-,53+,54+,55-,56-,60+,61-/m1/s1. The van der Waals surface area contributed by atoms with Gasteiger partial charge < -0.3 is 52.5 Å². The Kier molecular flexibility index (Phi) is 18.7. The number of aliphatic hydroxyl groups is 1. The summed E-state index contributed by atoms with van der Waals surface area (Å²) >= 11 is 0. The van der Waals surface area contributed by atoms with Crippen molar-refractivity contribution in [3.05, 3.63) is 251 Å². The summed E-state index contributed by atoms with van der Waals surface area (Å²) < 4.78 is 65.4. The third-order valence-electron chi connectivity index (χ3n) is 12.6. The summed E-state index contributed by atoms with van der Waals surface area (Å²) in [6.07, 6.45) is -13.4. The minimum Gasteiger partial charge on any atom is -0.459 e. The second kappa shape index (κ2) is 26.7. The van der Waals surface area contributed by atoms with Gasteiger partial charge in [-0.25, -0.2) is 14.4 Å². The zero-order valence-corrected chi connectivity index (χ0v) is 41.0. The molecule has 0 radical (unpaired) electrons. The quantitative estimate of drug-likeness (QED) is 0.0505. The largest absolute Gasteiger partial charge is 0.459 e. The van der Waals surface area contributed by atoms with Crippen LogP contribution in [0.5, 0.6) is 0 Å². The fourth-order valence-electron chi connectivity index (χ4n) is 8.81. The van der Waals surface area contributed by atoms with E-state index in [0.717, 1.165) is 22.3 Å². The zero-order valence-electron chi connectivity index (χ0n) is 41.0. The number of hydrogen-bond donors (Lipinski definition) is 1. The van der Waals surface area contributed by atoms with E-state index >= 15 is 0 Å². The van der Waals surface area contributed by atoms with Crippen LogP contribution in [0.2, 0.25) is 0 Å². The van der Waals surface area contributed by atoms with E-state index in [9.17, 15) is 19.5 Å². The first-order valence-electron chi connectivity index (χ1n) is 24.8. The molecule has 0 aliphatic carbocycles. The van der Waals surface area contributed by atoms with Gasteiger partial charge in [-0.2, -0.15) is 0 Å². The van der Waals surface area contributed by atoms with Gasteiger partial charge in [-0.05, 0) is 58.7 Å². The Balaban J connectivity index is 1.11. The van der Waals surface area contributed by atoms with Crippen molar-refractivity contribution in [2.45, 2.75) is 87.8 Å². The Bertz CT molecular complexity index is 2810. The number of hydrogen-bond acceptors (Lipinski definition) is 14. The minimum absolute atomic E-state index is 0.00705. The van der Waals surface area contributed by atoms with Crippen LogP contribution < -0.4 is 0 Å². The summed E-state index contributed by atoms with van der Waals surface area (Å²) in [5.41, 5.74) is 3.99. The van der Waals surface area contributed by atoms with Gasteiger partial charge in [0.15, 0.2) is 24.8 Å². The molecule has 0 spiro atoms. The molecule has 2 fully saturated rings. The minimum atomic E-state index is -1.71. The van der Waals surface area contributed by atoms with Crippen LogP contribution in [-0.4, -0.2) is 97.6 Å². The molecule has 2 aliphatic heterocycles. The molecule has 2 saturated heterocycles. The van der Waals surface area contributed by atoms with Crippen LogP contribution in [0, 0.1) is 0 Å². The summed E-state index contributed by atoms with van der Waals surface area (Å²) in [6, 6.07) is 62.9. The maximum absolute atomic E-state index is 14.4. The Labute approximate surface area is 435 Å². The molecule has 9 rings (SSSR count). The molecular formula is C61H58O14. The van der Waals surface area contributed by atoms with Crippen LogP contribution in [0.15, 0.2) is 212 Å². The zero-order chi connectivity index (χ0) is 51.6. The van der Waals surface area contributed by atoms with Crippen molar-refractivity contribution in [1.82, 2.24) is 0 Å². The lowest BCUT2D eigenvalue weighted by molar-refractivity contribution is -0.372. The van der Waals surface area contributed by atoms with Gasteiger partial charge >= 0.3 is 17.9 Å². The third-order valence-corrected chi connectivity index (χ3v) is 12.6. The monoisotopic (exact) mass is 1010 g/mol. The second-order valence-electron chi connectivity index (χ2n) is 17.9. The highest BCUT2D eigenvalue weighted by Gasteiger charge is 2.56. The summed E-state index contributed by atoms with van der Waals surface area (Å²) in [4.78, 5) is 42.2. The average molecular weight is 1020 g/mol. The molecule has 386 valence electrons. The lowest BCUT2D eigenvalue weighted by atomic mass is 9.96. The van der Waals surface area contributed by atoms with Crippen molar-refractivity contribution in [1.29, 1.82) is 0 Å². The van der Waals surface area contributed by atoms with E-state index < -0.39 is 85.9 Å². The molecule has 2 heterocycles. The van der Waals surface area contributed by atoms with Gasteiger partial charge in [0.25, 0.3) is 0 Å². The maximum atomic E-state index is 14.4. The van der Waals surface area contributed by atoms with Crippen LogP contribution in [0.1, 0.15) is 53.3 Å². The molecule has 7 aromatic rings. The average Bonchev–Trinajstić information content (AvgIpc) is 3.46. The van der Waals surface area contributed by atoms with Gasteiger partial charge in [-0.15, -0.1) is 0 Å². The fraction of sp³-hybridized carbons (Fsp3) is 0.262. The summed E-state index contributed by atoms with van der Waals surface area (Å²) in [7, 11) is 0. The highest BCUT2D eigenvalue weighted by atomic mass is 16.8. The Hall–Kier alpha value is -7.37. The highest BCUT2D eigenvalue weighted by Crippen LogP contribution is 2.36. The summed E-state index contributed by atoms with van der Waals surface area (Å²) in [6.45, 7) is -0.153. The molecule has 10 atom stereocenters. The molecule has 75 heavy (non-hydrogen) atoms. The molecule has 0 bridgehead atoms. The second-order valence-corrected chi connectivity index (χ2v) is 17.9. The van der Waals surface area contributed by atoms with E-state index in [4.69, 9.17) is 47.4 Å². The van der Waals surface area contributed by atoms with Crippen molar-refractivity contribution in [2.75, 3.05) is 13.2 Å². The topological polar surface area (TPSA) is 164 Å². The van der Waals surface area contributed by atoms with Crippen molar-refractivity contribution in [3.63, 3.8) is 0 Å². The van der Waals surface area contributed by atoms with E-state index in [2.05, 4.69) is 0 Å². The van der Waals surface area contributed by atoms with Gasteiger partial charge in [0.05, 0.1) is 49.7 Å².